The van der Waals surface area contributed by atoms with Crippen molar-refractivity contribution in [2.75, 3.05) is 5.73 Å². The SMILES string of the molecule is CC(NS(=O)(=O)c1ccc(Cl)c(N)c1)c1ccccc1Cl. The zero-order chi connectivity index (χ0) is 15.6. The molecule has 0 spiro atoms. The lowest BCUT2D eigenvalue weighted by molar-refractivity contribution is 0.567. The Morgan fingerprint density at radius 3 is 2.38 bits per heavy atom. The zero-order valence-electron chi connectivity index (χ0n) is 11.2. The molecule has 21 heavy (non-hydrogen) atoms. The average molecular weight is 345 g/mol. The van der Waals surface area contributed by atoms with E-state index in [2.05, 4.69) is 4.72 Å². The molecule has 1 unspecified atom stereocenters. The predicted octanol–water partition coefficient (Wildman–Crippen LogP) is 3.62. The molecule has 2 aromatic carbocycles. The first-order valence-corrected chi connectivity index (χ1v) is 8.37. The van der Waals surface area contributed by atoms with Crippen LogP contribution in [0, 0.1) is 0 Å². The first-order valence-electron chi connectivity index (χ1n) is 6.13. The van der Waals surface area contributed by atoms with Gasteiger partial charge in [-0.05, 0) is 36.8 Å². The van der Waals surface area contributed by atoms with Crippen molar-refractivity contribution in [1.29, 1.82) is 0 Å². The maximum absolute atomic E-state index is 12.3. The van der Waals surface area contributed by atoms with Gasteiger partial charge in [0.2, 0.25) is 10.0 Å². The van der Waals surface area contributed by atoms with E-state index in [1.807, 2.05) is 0 Å². The molecule has 0 aromatic heterocycles. The van der Waals surface area contributed by atoms with Gasteiger partial charge in [0.25, 0.3) is 0 Å². The van der Waals surface area contributed by atoms with Crippen LogP contribution in [0.15, 0.2) is 47.4 Å². The second-order valence-corrected chi connectivity index (χ2v) is 7.08. The highest BCUT2D eigenvalue weighted by atomic mass is 35.5. The van der Waals surface area contributed by atoms with E-state index in [0.717, 1.165) is 0 Å². The van der Waals surface area contributed by atoms with E-state index in [9.17, 15) is 8.42 Å². The van der Waals surface area contributed by atoms with Gasteiger partial charge in [0, 0.05) is 11.1 Å². The number of benzene rings is 2. The fourth-order valence-electron chi connectivity index (χ4n) is 1.88. The number of sulfonamides is 1. The maximum Gasteiger partial charge on any atom is 0.241 e. The van der Waals surface area contributed by atoms with E-state index in [0.29, 0.717) is 15.6 Å². The van der Waals surface area contributed by atoms with E-state index >= 15 is 0 Å². The summed E-state index contributed by atoms with van der Waals surface area (Å²) in [6.07, 6.45) is 0. The molecule has 2 rings (SSSR count). The number of hydrogen-bond donors (Lipinski definition) is 2. The molecule has 112 valence electrons. The largest absolute Gasteiger partial charge is 0.397 e. The molecule has 1 atom stereocenters. The maximum atomic E-state index is 12.3. The van der Waals surface area contributed by atoms with Crippen LogP contribution in [-0.4, -0.2) is 8.42 Å². The van der Waals surface area contributed by atoms with Crippen molar-refractivity contribution >= 4 is 38.9 Å². The fourth-order valence-corrected chi connectivity index (χ4v) is 3.55. The summed E-state index contributed by atoms with van der Waals surface area (Å²) in [5, 5.41) is 0.816. The molecule has 4 nitrogen and oxygen atoms in total. The number of anilines is 1. The van der Waals surface area contributed by atoms with E-state index in [1.165, 1.54) is 18.2 Å². The highest BCUT2D eigenvalue weighted by Gasteiger charge is 2.20. The molecule has 7 heteroatoms. The molecule has 0 aliphatic heterocycles. The minimum atomic E-state index is -3.71. The molecule has 0 amide bonds. The molecule has 0 aliphatic carbocycles. The van der Waals surface area contributed by atoms with Crippen molar-refractivity contribution in [2.45, 2.75) is 17.9 Å². The molecular weight excluding hydrogens is 331 g/mol. The van der Waals surface area contributed by atoms with Gasteiger partial charge in [0.05, 0.1) is 15.6 Å². The van der Waals surface area contributed by atoms with Gasteiger partial charge in [0.15, 0.2) is 0 Å². The molecule has 0 saturated heterocycles. The number of nitrogen functional groups attached to an aromatic ring is 1. The van der Waals surface area contributed by atoms with Crippen molar-refractivity contribution in [3.63, 3.8) is 0 Å². The quantitative estimate of drug-likeness (QED) is 0.832. The van der Waals surface area contributed by atoms with Crippen LogP contribution in [0.5, 0.6) is 0 Å². The molecule has 0 heterocycles. The zero-order valence-corrected chi connectivity index (χ0v) is 13.5. The van der Waals surface area contributed by atoms with Crippen LogP contribution in [0.3, 0.4) is 0 Å². The Kier molecular flexibility index (Phi) is 4.78. The highest BCUT2D eigenvalue weighted by Crippen LogP contribution is 2.26. The summed E-state index contributed by atoms with van der Waals surface area (Å²) in [7, 11) is -3.71. The van der Waals surface area contributed by atoms with Crippen molar-refractivity contribution < 1.29 is 8.42 Å². The Balaban J connectivity index is 2.29. The smallest absolute Gasteiger partial charge is 0.241 e. The average Bonchev–Trinajstić information content (AvgIpc) is 2.41. The number of halogens is 2. The first kappa shape index (κ1) is 16.1. The summed E-state index contributed by atoms with van der Waals surface area (Å²) >= 11 is 11.9. The molecule has 0 radical (unpaired) electrons. The van der Waals surface area contributed by atoms with Crippen LogP contribution in [0.25, 0.3) is 0 Å². The van der Waals surface area contributed by atoms with Crippen LogP contribution >= 0.6 is 23.2 Å². The minimum Gasteiger partial charge on any atom is -0.397 e. The van der Waals surface area contributed by atoms with Gasteiger partial charge < -0.3 is 5.73 Å². The molecule has 3 N–H and O–H groups in total. The van der Waals surface area contributed by atoms with Crippen LogP contribution in [0.4, 0.5) is 5.69 Å². The normalized spacial score (nSPS) is 13.1. The Hall–Kier alpha value is -1.27. The third kappa shape index (κ3) is 3.68. The standard InChI is InChI=1S/C14H14Cl2N2O2S/c1-9(11-4-2-3-5-12(11)15)18-21(19,20)10-6-7-13(16)14(17)8-10/h2-9,18H,17H2,1H3. The summed E-state index contributed by atoms with van der Waals surface area (Å²) in [5.41, 5.74) is 6.55. The number of rotatable bonds is 4. The van der Waals surface area contributed by atoms with Gasteiger partial charge in [-0.25, -0.2) is 13.1 Å². The molecule has 0 saturated carbocycles. The van der Waals surface area contributed by atoms with Crippen molar-refractivity contribution in [2.24, 2.45) is 0 Å². The summed E-state index contributed by atoms with van der Waals surface area (Å²) < 4.78 is 27.2. The van der Waals surface area contributed by atoms with Crippen LogP contribution < -0.4 is 10.5 Å². The van der Waals surface area contributed by atoms with Crippen molar-refractivity contribution in [3.8, 4) is 0 Å². The van der Waals surface area contributed by atoms with Gasteiger partial charge >= 0.3 is 0 Å². The molecule has 0 aliphatic rings. The molecule has 0 fully saturated rings. The van der Waals surface area contributed by atoms with Gasteiger partial charge in [-0.2, -0.15) is 0 Å². The van der Waals surface area contributed by atoms with E-state index in [-0.39, 0.29) is 10.6 Å². The third-order valence-electron chi connectivity index (χ3n) is 2.98. The predicted molar refractivity (Wildman–Crippen MR) is 86.1 cm³/mol. The summed E-state index contributed by atoms with van der Waals surface area (Å²) in [6.45, 7) is 1.72. The van der Waals surface area contributed by atoms with Crippen molar-refractivity contribution in [3.05, 3.63) is 58.1 Å². The Bertz CT molecular complexity index is 763. The lowest BCUT2D eigenvalue weighted by atomic mass is 10.1. The van der Waals surface area contributed by atoms with Gasteiger partial charge in [-0.3, -0.25) is 0 Å². The Morgan fingerprint density at radius 2 is 1.76 bits per heavy atom. The van der Waals surface area contributed by atoms with Gasteiger partial charge in [0.1, 0.15) is 0 Å². The summed E-state index contributed by atoms with van der Waals surface area (Å²) in [6, 6.07) is 10.8. The lowest BCUT2D eigenvalue weighted by Gasteiger charge is -2.16. The van der Waals surface area contributed by atoms with Crippen LogP contribution in [0.2, 0.25) is 10.0 Å². The fraction of sp³-hybridized carbons (Fsp3) is 0.143. The Labute approximate surface area is 133 Å². The minimum absolute atomic E-state index is 0.0586. The van der Waals surface area contributed by atoms with Crippen LogP contribution in [0.1, 0.15) is 18.5 Å². The van der Waals surface area contributed by atoms with Gasteiger partial charge in [-0.15, -0.1) is 0 Å². The third-order valence-corrected chi connectivity index (χ3v) is 5.21. The van der Waals surface area contributed by atoms with E-state index in [4.69, 9.17) is 28.9 Å². The van der Waals surface area contributed by atoms with E-state index in [1.54, 1.807) is 31.2 Å². The Morgan fingerprint density at radius 1 is 1.10 bits per heavy atom. The second kappa shape index (κ2) is 6.23. The highest BCUT2D eigenvalue weighted by molar-refractivity contribution is 7.89. The monoisotopic (exact) mass is 344 g/mol. The number of nitrogens with one attached hydrogen (secondary N) is 1. The summed E-state index contributed by atoms with van der Waals surface area (Å²) in [4.78, 5) is 0.0586. The van der Waals surface area contributed by atoms with Crippen molar-refractivity contribution in [1.82, 2.24) is 4.72 Å². The topological polar surface area (TPSA) is 72.2 Å². The molecule has 0 bridgehead atoms. The number of hydrogen-bond acceptors (Lipinski definition) is 3. The van der Waals surface area contributed by atoms with Crippen LogP contribution in [-0.2, 0) is 10.0 Å². The number of nitrogens with two attached hydrogens (primary N) is 1. The summed E-state index contributed by atoms with van der Waals surface area (Å²) in [5.74, 6) is 0. The second-order valence-electron chi connectivity index (χ2n) is 4.55. The lowest BCUT2D eigenvalue weighted by Crippen LogP contribution is -2.27. The van der Waals surface area contributed by atoms with Gasteiger partial charge in [-0.1, -0.05) is 41.4 Å². The molecule has 2 aromatic rings. The molecular formula is C14H14Cl2N2O2S. The van der Waals surface area contributed by atoms with E-state index < -0.39 is 16.1 Å². The first-order chi connectivity index (χ1) is 9.81.